The summed E-state index contributed by atoms with van der Waals surface area (Å²) in [6.07, 6.45) is 4.31. The van der Waals surface area contributed by atoms with Crippen LogP contribution < -0.4 is 5.43 Å². The second kappa shape index (κ2) is 7.19. The molecule has 0 N–H and O–H groups in total. The molecule has 2 aromatic carbocycles. The molecule has 1 aliphatic carbocycles. The highest BCUT2D eigenvalue weighted by atomic mass is 16.5. The first-order valence-corrected chi connectivity index (χ1v) is 8.97. The fraction of sp³-hybridized carbons (Fsp3) is 0.227. The summed E-state index contributed by atoms with van der Waals surface area (Å²) in [6, 6.07) is 13.4. The molecule has 4 rings (SSSR count). The van der Waals surface area contributed by atoms with Gasteiger partial charge in [-0.05, 0) is 55.0 Å². The summed E-state index contributed by atoms with van der Waals surface area (Å²) in [7, 11) is 0. The highest BCUT2D eigenvalue weighted by Crippen LogP contribution is 2.22. The first kappa shape index (κ1) is 17.2. The van der Waals surface area contributed by atoms with Gasteiger partial charge >= 0.3 is 5.97 Å². The van der Waals surface area contributed by atoms with E-state index >= 15 is 0 Å². The minimum absolute atomic E-state index is 0.211. The summed E-state index contributed by atoms with van der Waals surface area (Å²) in [5.74, 6) is -1.32. The molecule has 1 aliphatic rings. The third-order valence-corrected chi connectivity index (χ3v) is 4.84. The summed E-state index contributed by atoms with van der Waals surface area (Å²) in [6.45, 7) is -0.395. The lowest BCUT2D eigenvalue weighted by Gasteiger charge is -2.16. The molecule has 0 bridgehead atoms. The zero-order valence-corrected chi connectivity index (χ0v) is 14.7. The van der Waals surface area contributed by atoms with Crippen LogP contribution in [0.4, 0.5) is 0 Å². The van der Waals surface area contributed by atoms with E-state index in [2.05, 4.69) is 0 Å². The van der Waals surface area contributed by atoms with Gasteiger partial charge in [0.25, 0.3) is 0 Å². The third kappa shape index (κ3) is 3.53. The first-order valence-electron chi connectivity index (χ1n) is 8.97. The molecule has 27 heavy (non-hydrogen) atoms. The number of benzene rings is 2. The molecule has 0 radical (unpaired) electrons. The second-order valence-electron chi connectivity index (χ2n) is 6.66. The maximum absolute atomic E-state index is 12.4. The highest BCUT2D eigenvalue weighted by molar-refractivity contribution is 5.99. The standard InChI is InChI=1S/C22H18O5/c23-18-12-21(27-20-8-4-3-7-17(18)20)22(25)26-13-19(24)16-10-9-14-5-1-2-6-15(14)11-16/h3-4,7-12H,1-2,5-6,13H2. The van der Waals surface area contributed by atoms with E-state index in [1.807, 2.05) is 12.1 Å². The molecule has 0 spiro atoms. The van der Waals surface area contributed by atoms with E-state index in [4.69, 9.17) is 9.15 Å². The molecule has 0 saturated heterocycles. The van der Waals surface area contributed by atoms with Crippen molar-refractivity contribution in [2.45, 2.75) is 25.7 Å². The van der Waals surface area contributed by atoms with E-state index in [0.29, 0.717) is 16.5 Å². The first-order chi connectivity index (χ1) is 13.1. The van der Waals surface area contributed by atoms with Crippen LogP contribution in [0.3, 0.4) is 0 Å². The van der Waals surface area contributed by atoms with E-state index in [9.17, 15) is 14.4 Å². The van der Waals surface area contributed by atoms with Gasteiger partial charge in [0.05, 0.1) is 5.39 Å². The topological polar surface area (TPSA) is 73.6 Å². The van der Waals surface area contributed by atoms with Crippen LogP contribution >= 0.6 is 0 Å². The summed E-state index contributed by atoms with van der Waals surface area (Å²) in [4.78, 5) is 36.6. The van der Waals surface area contributed by atoms with Gasteiger partial charge in [0.15, 0.2) is 17.8 Å². The molecule has 3 aromatic rings. The Hall–Kier alpha value is -3.21. The van der Waals surface area contributed by atoms with Crippen molar-refractivity contribution in [3.8, 4) is 0 Å². The van der Waals surface area contributed by atoms with Gasteiger partial charge in [-0.1, -0.05) is 24.3 Å². The van der Waals surface area contributed by atoms with Crippen LogP contribution in [0.5, 0.6) is 0 Å². The van der Waals surface area contributed by atoms with Crippen LogP contribution in [0.25, 0.3) is 11.0 Å². The Kier molecular flexibility index (Phi) is 4.59. The Morgan fingerprint density at radius 3 is 2.59 bits per heavy atom. The smallest absolute Gasteiger partial charge is 0.374 e. The molecule has 1 aromatic heterocycles. The number of carbonyl (C=O) groups is 2. The van der Waals surface area contributed by atoms with Crippen molar-refractivity contribution in [3.63, 3.8) is 0 Å². The molecule has 5 nitrogen and oxygen atoms in total. The number of para-hydroxylation sites is 1. The number of rotatable bonds is 4. The van der Waals surface area contributed by atoms with Gasteiger partial charge in [0.2, 0.25) is 5.76 Å². The molecule has 0 unspecified atom stereocenters. The second-order valence-corrected chi connectivity index (χ2v) is 6.66. The van der Waals surface area contributed by atoms with Crippen molar-refractivity contribution in [2.24, 2.45) is 0 Å². The minimum atomic E-state index is -0.829. The Balaban J connectivity index is 1.47. The van der Waals surface area contributed by atoms with Crippen LogP contribution in [0, 0.1) is 0 Å². The highest BCUT2D eigenvalue weighted by Gasteiger charge is 2.17. The monoisotopic (exact) mass is 362 g/mol. The molecule has 0 fully saturated rings. The van der Waals surface area contributed by atoms with Gasteiger partial charge < -0.3 is 9.15 Å². The van der Waals surface area contributed by atoms with Gasteiger partial charge in [0.1, 0.15) is 5.58 Å². The SMILES string of the molecule is O=C(COC(=O)c1cc(=O)c2ccccc2o1)c1ccc2c(c1)CCCC2. The Morgan fingerprint density at radius 1 is 0.963 bits per heavy atom. The number of esters is 1. The van der Waals surface area contributed by atoms with Crippen molar-refractivity contribution < 1.29 is 18.7 Å². The van der Waals surface area contributed by atoms with Crippen molar-refractivity contribution in [2.75, 3.05) is 6.61 Å². The fourth-order valence-electron chi connectivity index (χ4n) is 3.40. The number of ether oxygens (including phenoxy) is 1. The normalized spacial score (nSPS) is 13.2. The van der Waals surface area contributed by atoms with Crippen LogP contribution in [-0.2, 0) is 17.6 Å². The van der Waals surface area contributed by atoms with E-state index in [-0.39, 0.29) is 17.0 Å². The van der Waals surface area contributed by atoms with Crippen LogP contribution in [0.1, 0.15) is 44.9 Å². The zero-order chi connectivity index (χ0) is 18.8. The van der Waals surface area contributed by atoms with Gasteiger partial charge in [-0.2, -0.15) is 0 Å². The number of aryl methyl sites for hydroxylation is 2. The molecule has 0 amide bonds. The van der Waals surface area contributed by atoms with Crippen molar-refractivity contribution in [3.05, 3.63) is 81.2 Å². The third-order valence-electron chi connectivity index (χ3n) is 4.84. The summed E-state index contributed by atoms with van der Waals surface area (Å²) in [5.41, 5.74) is 2.98. The van der Waals surface area contributed by atoms with Crippen molar-refractivity contribution >= 4 is 22.7 Å². The lowest BCUT2D eigenvalue weighted by Crippen LogP contribution is -2.16. The maximum atomic E-state index is 12.4. The van der Waals surface area contributed by atoms with Gasteiger partial charge in [-0.15, -0.1) is 0 Å². The number of fused-ring (bicyclic) bond motifs is 2. The van der Waals surface area contributed by atoms with E-state index in [1.165, 1.54) is 17.5 Å². The molecule has 5 heteroatoms. The molecule has 0 saturated carbocycles. The van der Waals surface area contributed by atoms with E-state index in [0.717, 1.165) is 25.3 Å². The van der Waals surface area contributed by atoms with Gasteiger partial charge in [0, 0.05) is 11.6 Å². The number of Topliss-reactive ketones (excluding diaryl/α,β-unsaturated/α-hetero) is 1. The van der Waals surface area contributed by atoms with Crippen molar-refractivity contribution in [1.82, 2.24) is 0 Å². The summed E-state index contributed by atoms with van der Waals surface area (Å²) < 4.78 is 10.5. The number of hydrogen-bond donors (Lipinski definition) is 0. The van der Waals surface area contributed by atoms with Gasteiger partial charge in [-0.3, -0.25) is 9.59 Å². The number of carbonyl (C=O) groups excluding carboxylic acids is 2. The Bertz CT molecular complexity index is 1090. The molecule has 0 atom stereocenters. The average molecular weight is 362 g/mol. The predicted octanol–water partition coefficient (Wildman–Crippen LogP) is 3.71. The predicted molar refractivity (Wildman–Crippen MR) is 100 cm³/mol. The minimum Gasteiger partial charge on any atom is -0.451 e. The quantitative estimate of drug-likeness (QED) is 0.522. The van der Waals surface area contributed by atoms with Gasteiger partial charge in [-0.25, -0.2) is 4.79 Å². The molecule has 136 valence electrons. The van der Waals surface area contributed by atoms with Crippen LogP contribution in [-0.4, -0.2) is 18.4 Å². The zero-order valence-electron chi connectivity index (χ0n) is 14.7. The summed E-state index contributed by atoms with van der Waals surface area (Å²) >= 11 is 0. The van der Waals surface area contributed by atoms with Crippen LogP contribution in [0.15, 0.2) is 57.7 Å². The fourth-order valence-corrected chi connectivity index (χ4v) is 3.40. The Morgan fingerprint density at radius 2 is 1.74 bits per heavy atom. The average Bonchev–Trinajstić information content (AvgIpc) is 2.71. The van der Waals surface area contributed by atoms with Crippen LogP contribution in [0.2, 0.25) is 0 Å². The largest absolute Gasteiger partial charge is 0.451 e. The number of hydrogen-bond acceptors (Lipinski definition) is 5. The lowest BCUT2D eigenvalue weighted by molar-refractivity contribution is 0.0444. The maximum Gasteiger partial charge on any atom is 0.374 e. The van der Waals surface area contributed by atoms with E-state index in [1.54, 1.807) is 30.3 Å². The van der Waals surface area contributed by atoms with E-state index < -0.39 is 12.6 Å². The molecular formula is C22H18O5. The molecule has 0 aliphatic heterocycles. The Labute approximate surface area is 155 Å². The molecule has 1 heterocycles. The lowest BCUT2D eigenvalue weighted by atomic mass is 9.90. The summed E-state index contributed by atoms with van der Waals surface area (Å²) in [5, 5.41) is 0.388. The van der Waals surface area contributed by atoms with Crippen molar-refractivity contribution in [1.29, 1.82) is 0 Å². The molecular weight excluding hydrogens is 344 g/mol. The number of ketones is 1.